The molecule has 0 aromatic heterocycles. The van der Waals surface area contributed by atoms with Crippen LogP contribution < -0.4 is 0 Å². The highest BCUT2D eigenvalue weighted by molar-refractivity contribution is 5.58. The maximum absolute atomic E-state index is 14.1. The van der Waals surface area contributed by atoms with Crippen LogP contribution in [-0.2, 0) is 0 Å². The lowest BCUT2D eigenvalue weighted by Gasteiger charge is -2.30. The lowest BCUT2D eigenvalue weighted by molar-refractivity contribution is 0.243. The Hall–Kier alpha value is -1.25. The first-order chi connectivity index (χ1) is 14.6. The number of halogens is 3. The van der Waals surface area contributed by atoms with Gasteiger partial charge < -0.3 is 0 Å². The van der Waals surface area contributed by atoms with E-state index < -0.39 is 11.6 Å². The Morgan fingerprint density at radius 2 is 1.40 bits per heavy atom. The molecule has 0 saturated heterocycles. The minimum absolute atomic E-state index is 0.180. The van der Waals surface area contributed by atoms with Crippen molar-refractivity contribution in [3.05, 3.63) is 41.5 Å². The van der Waals surface area contributed by atoms with E-state index in [0.29, 0.717) is 5.92 Å². The molecule has 1 aromatic carbocycles. The Labute approximate surface area is 181 Å². The minimum Gasteiger partial charge on any atom is -0.212 e. The monoisotopic (exact) mass is 420 g/mol. The van der Waals surface area contributed by atoms with E-state index in [9.17, 15) is 13.2 Å². The SMILES string of the molecule is CCCC1CCC(CCCCC2CCC(c3ccc(/C(F)=C/F)c(F)c3)CC2)CC1. The normalized spacial score (nSPS) is 27.9. The van der Waals surface area contributed by atoms with Crippen LogP contribution in [0.5, 0.6) is 0 Å². The zero-order chi connectivity index (χ0) is 21.3. The van der Waals surface area contributed by atoms with Crippen LogP contribution >= 0.6 is 0 Å². The molecule has 0 heterocycles. The second-order valence-corrected chi connectivity index (χ2v) is 9.87. The van der Waals surface area contributed by atoms with E-state index in [0.717, 1.165) is 36.2 Å². The summed E-state index contributed by atoms with van der Waals surface area (Å²) in [4.78, 5) is 0. The molecule has 2 fully saturated rings. The molecule has 3 rings (SSSR count). The molecule has 0 N–H and O–H groups in total. The number of hydrogen-bond donors (Lipinski definition) is 0. The third-order valence-electron chi connectivity index (χ3n) is 7.80. The lowest BCUT2D eigenvalue weighted by Crippen LogP contribution is -2.15. The summed E-state index contributed by atoms with van der Waals surface area (Å²) in [5.74, 6) is 1.33. The summed E-state index contributed by atoms with van der Waals surface area (Å²) in [6.07, 6.45) is 18.5. The summed E-state index contributed by atoms with van der Waals surface area (Å²) in [5, 5.41) is 0. The van der Waals surface area contributed by atoms with Gasteiger partial charge in [0.05, 0.1) is 0 Å². The molecule has 0 amide bonds. The van der Waals surface area contributed by atoms with Crippen LogP contribution in [0, 0.1) is 23.6 Å². The van der Waals surface area contributed by atoms with Gasteiger partial charge >= 0.3 is 0 Å². The number of hydrogen-bond acceptors (Lipinski definition) is 0. The average Bonchev–Trinajstić information content (AvgIpc) is 2.78. The van der Waals surface area contributed by atoms with E-state index in [1.807, 2.05) is 0 Å². The molecule has 0 aliphatic heterocycles. The van der Waals surface area contributed by atoms with E-state index in [4.69, 9.17) is 0 Å². The first kappa shape index (κ1) is 23.4. The fourth-order valence-electron chi connectivity index (χ4n) is 5.91. The lowest BCUT2D eigenvalue weighted by atomic mass is 9.76. The fourth-order valence-corrected chi connectivity index (χ4v) is 5.91. The topological polar surface area (TPSA) is 0 Å². The van der Waals surface area contributed by atoms with Crippen molar-refractivity contribution >= 4 is 5.83 Å². The van der Waals surface area contributed by atoms with Crippen molar-refractivity contribution in [2.45, 2.75) is 103 Å². The van der Waals surface area contributed by atoms with E-state index >= 15 is 0 Å². The fraction of sp³-hybridized carbons (Fsp3) is 0.704. The van der Waals surface area contributed by atoms with Crippen molar-refractivity contribution in [2.75, 3.05) is 0 Å². The third-order valence-corrected chi connectivity index (χ3v) is 7.80. The van der Waals surface area contributed by atoms with Crippen molar-refractivity contribution < 1.29 is 13.2 Å². The van der Waals surface area contributed by atoms with Crippen LogP contribution in [0.3, 0.4) is 0 Å². The van der Waals surface area contributed by atoms with Crippen LogP contribution in [0.2, 0.25) is 0 Å². The number of rotatable bonds is 9. The largest absolute Gasteiger partial charge is 0.212 e. The molecule has 2 saturated carbocycles. The van der Waals surface area contributed by atoms with Gasteiger partial charge in [0.2, 0.25) is 0 Å². The van der Waals surface area contributed by atoms with Gasteiger partial charge in [0, 0.05) is 5.56 Å². The zero-order valence-electron chi connectivity index (χ0n) is 18.7. The Bertz CT molecular complexity index is 665. The van der Waals surface area contributed by atoms with E-state index in [1.165, 1.54) is 89.2 Å². The molecule has 0 nitrogen and oxygen atoms in total. The van der Waals surface area contributed by atoms with Crippen LogP contribution in [0.1, 0.15) is 114 Å². The van der Waals surface area contributed by atoms with Gasteiger partial charge in [-0.15, -0.1) is 0 Å². The minimum atomic E-state index is -1.14. The number of benzene rings is 1. The van der Waals surface area contributed by atoms with Crippen LogP contribution in [0.25, 0.3) is 5.83 Å². The van der Waals surface area contributed by atoms with Crippen molar-refractivity contribution in [2.24, 2.45) is 17.8 Å². The van der Waals surface area contributed by atoms with Gasteiger partial charge in [-0.05, 0) is 67.1 Å². The molecule has 168 valence electrons. The summed E-state index contributed by atoms with van der Waals surface area (Å²) in [6.45, 7) is 2.31. The van der Waals surface area contributed by atoms with Crippen molar-refractivity contribution in [3.63, 3.8) is 0 Å². The average molecular weight is 421 g/mol. The van der Waals surface area contributed by atoms with Gasteiger partial charge in [-0.2, -0.15) is 0 Å². The molecule has 30 heavy (non-hydrogen) atoms. The first-order valence-corrected chi connectivity index (χ1v) is 12.4. The standard InChI is InChI=1S/C27H39F3/c1-2-5-20-8-10-21(11-9-20)6-3-4-7-22-12-14-23(15-13-22)24-16-17-25(26(29)18-24)27(30)19-28/h16-23H,2-15H2,1H3/b27-19-. The molecule has 3 heteroatoms. The predicted molar refractivity (Wildman–Crippen MR) is 120 cm³/mol. The summed E-state index contributed by atoms with van der Waals surface area (Å²) in [5.41, 5.74) is 0.647. The maximum atomic E-state index is 14.1. The molecule has 0 spiro atoms. The van der Waals surface area contributed by atoms with Gasteiger partial charge in [-0.1, -0.05) is 77.2 Å². The Balaban J connectivity index is 1.33. The van der Waals surface area contributed by atoms with Crippen molar-refractivity contribution in [1.29, 1.82) is 0 Å². The van der Waals surface area contributed by atoms with Gasteiger partial charge in [0.15, 0.2) is 5.83 Å². The molecule has 2 aliphatic rings. The smallest absolute Gasteiger partial charge is 0.161 e. The van der Waals surface area contributed by atoms with Gasteiger partial charge in [-0.25, -0.2) is 13.2 Å². The maximum Gasteiger partial charge on any atom is 0.161 e. The quantitative estimate of drug-likeness (QED) is 0.349. The Morgan fingerprint density at radius 3 is 1.90 bits per heavy atom. The van der Waals surface area contributed by atoms with Crippen LogP contribution in [0.4, 0.5) is 13.2 Å². The second-order valence-electron chi connectivity index (χ2n) is 9.87. The summed E-state index contributed by atoms with van der Waals surface area (Å²) >= 11 is 0. The molecule has 0 unspecified atom stereocenters. The molecular weight excluding hydrogens is 381 g/mol. The van der Waals surface area contributed by atoms with E-state index in [1.54, 1.807) is 6.07 Å². The molecule has 0 bridgehead atoms. The summed E-state index contributed by atoms with van der Waals surface area (Å²) < 4.78 is 39.7. The molecule has 0 atom stereocenters. The van der Waals surface area contributed by atoms with Crippen LogP contribution in [0.15, 0.2) is 24.5 Å². The Kier molecular flexibility index (Phi) is 9.33. The molecular formula is C27H39F3. The molecule has 2 aliphatic carbocycles. The van der Waals surface area contributed by atoms with Gasteiger partial charge in [0.25, 0.3) is 0 Å². The Morgan fingerprint density at radius 1 is 0.867 bits per heavy atom. The second kappa shape index (κ2) is 12.0. The predicted octanol–water partition coefficient (Wildman–Crippen LogP) is 9.50. The highest BCUT2D eigenvalue weighted by Gasteiger charge is 2.24. The first-order valence-electron chi connectivity index (χ1n) is 12.4. The summed E-state index contributed by atoms with van der Waals surface area (Å²) in [6, 6.07) is 4.54. The zero-order valence-corrected chi connectivity index (χ0v) is 18.7. The molecule has 1 aromatic rings. The van der Waals surface area contributed by atoms with Crippen molar-refractivity contribution in [1.82, 2.24) is 0 Å². The van der Waals surface area contributed by atoms with Crippen molar-refractivity contribution in [3.8, 4) is 0 Å². The van der Waals surface area contributed by atoms with E-state index in [2.05, 4.69) is 6.92 Å². The summed E-state index contributed by atoms with van der Waals surface area (Å²) in [7, 11) is 0. The number of unbranched alkanes of at least 4 members (excludes halogenated alkanes) is 1. The third kappa shape index (κ3) is 6.62. The van der Waals surface area contributed by atoms with Crippen LogP contribution in [-0.4, -0.2) is 0 Å². The van der Waals surface area contributed by atoms with Gasteiger partial charge in [0.1, 0.15) is 12.1 Å². The molecule has 0 radical (unpaired) electrons. The highest BCUT2D eigenvalue weighted by atomic mass is 19.2. The van der Waals surface area contributed by atoms with E-state index in [-0.39, 0.29) is 11.9 Å². The highest BCUT2D eigenvalue weighted by Crippen LogP contribution is 2.39. The van der Waals surface area contributed by atoms with Gasteiger partial charge in [-0.3, -0.25) is 0 Å².